The van der Waals surface area contributed by atoms with Crippen molar-refractivity contribution < 1.29 is 0 Å². The first-order valence-corrected chi connectivity index (χ1v) is 8.17. The van der Waals surface area contributed by atoms with E-state index < -0.39 is 0 Å². The second kappa shape index (κ2) is 7.13. The lowest BCUT2D eigenvalue weighted by molar-refractivity contribution is 0.0992. The van der Waals surface area contributed by atoms with Gasteiger partial charge in [0.15, 0.2) is 0 Å². The SMILES string of the molecule is CC1CCCCC1N(C)C(CN)c1cccc(Cl)c1Cl. The van der Waals surface area contributed by atoms with Crippen molar-refractivity contribution in [1.82, 2.24) is 4.90 Å². The van der Waals surface area contributed by atoms with E-state index in [9.17, 15) is 0 Å². The normalized spacial score (nSPS) is 24.9. The van der Waals surface area contributed by atoms with Crippen LogP contribution in [-0.4, -0.2) is 24.5 Å². The first kappa shape index (κ1) is 16.1. The molecule has 0 aromatic heterocycles. The monoisotopic (exact) mass is 314 g/mol. The molecule has 1 aromatic carbocycles. The van der Waals surface area contributed by atoms with Crippen molar-refractivity contribution in [2.75, 3.05) is 13.6 Å². The molecule has 4 heteroatoms. The Morgan fingerprint density at radius 1 is 1.30 bits per heavy atom. The van der Waals surface area contributed by atoms with Gasteiger partial charge in [0.05, 0.1) is 10.0 Å². The highest BCUT2D eigenvalue weighted by Crippen LogP contribution is 2.36. The zero-order chi connectivity index (χ0) is 14.7. The van der Waals surface area contributed by atoms with Crippen LogP contribution in [0, 0.1) is 5.92 Å². The van der Waals surface area contributed by atoms with Crippen LogP contribution < -0.4 is 5.73 Å². The molecule has 0 radical (unpaired) electrons. The summed E-state index contributed by atoms with van der Waals surface area (Å²) in [7, 11) is 2.17. The molecule has 1 aromatic rings. The maximum absolute atomic E-state index is 6.37. The molecule has 1 aliphatic carbocycles. The van der Waals surface area contributed by atoms with Gasteiger partial charge in [-0.3, -0.25) is 4.90 Å². The lowest BCUT2D eigenvalue weighted by Gasteiger charge is -2.41. The number of hydrogen-bond donors (Lipinski definition) is 1. The molecule has 0 heterocycles. The molecule has 0 aliphatic heterocycles. The Balaban J connectivity index is 2.24. The second-order valence-electron chi connectivity index (χ2n) is 5.89. The standard InChI is InChI=1S/C16H24Cl2N2/c1-11-6-3-4-9-14(11)20(2)15(10-19)12-7-5-8-13(17)16(12)18/h5,7-8,11,14-15H,3-4,6,9-10,19H2,1-2H3. The van der Waals surface area contributed by atoms with Crippen LogP contribution in [0.5, 0.6) is 0 Å². The third kappa shape index (κ3) is 3.30. The number of hydrogen-bond acceptors (Lipinski definition) is 2. The van der Waals surface area contributed by atoms with Crippen LogP contribution in [0.2, 0.25) is 10.0 Å². The summed E-state index contributed by atoms with van der Waals surface area (Å²) in [5.41, 5.74) is 7.08. The van der Waals surface area contributed by atoms with Gasteiger partial charge in [0, 0.05) is 18.6 Å². The maximum atomic E-state index is 6.37. The van der Waals surface area contributed by atoms with Gasteiger partial charge in [-0.05, 0) is 37.4 Å². The average Bonchev–Trinajstić information content (AvgIpc) is 2.44. The van der Waals surface area contributed by atoms with Crippen LogP contribution in [0.1, 0.15) is 44.2 Å². The van der Waals surface area contributed by atoms with Crippen molar-refractivity contribution >= 4 is 23.2 Å². The summed E-state index contributed by atoms with van der Waals surface area (Å²) in [6.07, 6.45) is 5.19. The number of halogens is 2. The number of nitrogens with two attached hydrogens (primary N) is 1. The highest BCUT2D eigenvalue weighted by atomic mass is 35.5. The Morgan fingerprint density at radius 2 is 2.00 bits per heavy atom. The molecule has 0 amide bonds. The van der Waals surface area contributed by atoms with Gasteiger partial charge < -0.3 is 5.73 Å². The fourth-order valence-electron chi connectivity index (χ4n) is 3.42. The molecule has 3 atom stereocenters. The van der Waals surface area contributed by atoms with Crippen LogP contribution in [-0.2, 0) is 0 Å². The van der Waals surface area contributed by atoms with E-state index in [0.29, 0.717) is 28.5 Å². The van der Waals surface area contributed by atoms with E-state index in [4.69, 9.17) is 28.9 Å². The minimum Gasteiger partial charge on any atom is -0.329 e. The summed E-state index contributed by atoms with van der Waals surface area (Å²) in [4.78, 5) is 2.40. The Hall–Kier alpha value is -0.280. The Kier molecular flexibility index (Phi) is 5.74. The summed E-state index contributed by atoms with van der Waals surface area (Å²) < 4.78 is 0. The summed E-state index contributed by atoms with van der Waals surface area (Å²) in [6, 6.07) is 6.52. The van der Waals surface area contributed by atoms with Gasteiger partial charge >= 0.3 is 0 Å². The zero-order valence-corrected chi connectivity index (χ0v) is 13.8. The summed E-state index contributed by atoms with van der Waals surface area (Å²) in [6.45, 7) is 2.90. The van der Waals surface area contributed by atoms with Gasteiger partial charge in [0.2, 0.25) is 0 Å². The molecule has 2 nitrogen and oxygen atoms in total. The van der Waals surface area contributed by atoms with Gasteiger partial charge in [-0.1, -0.05) is 55.1 Å². The summed E-state index contributed by atoms with van der Waals surface area (Å²) in [5.74, 6) is 0.709. The minimum absolute atomic E-state index is 0.131. The first-order chi connectivity index (χ1) is 9.56. The number of nitrogens with zero attached hydrogens (tertiary/aromatic N) is 1. The fraction of sp³-hybridized carbons (Fsp3) is 0.625. The number of likely N-dealkylation sites (N-methyl/N-ethyl adjacent to an activating group) is 1. The molecule has 2 N–H and O–H groups in total. The molecule has 112 valence electrons. The molecule has 0 spiro atoms. The highest BCUT2D eigenvalue weighted by Gasteiger charge is 2.30. The van der Waals surface area contributed by atoms with E-state index in [1.165, 1.54) is 25.7 Å². The maximum Gasteiger partial charge on any atom is 0.0640 e. The molecular weight excluding hydrogens is 291 g/mol. The molecule has 3 unspecified atom stereocenters. The van der Waals surface area contributed by atoms with Crippen molar-refractivity contribution in [2.45, 2.75) is 44.7 Å². The molecule has 1 fully saturated rings. The van der Waals surface area contributed by atoms with Gasteiger partial charge in [0.1, 0.15) is 0 Å². The number of rotatable bonds is 4. The summed E-state index contributed by atoms with van der Waals surface area (Å²) in [5, 5.41) is 1.24. The van der Waals surface area contributed by atoms with E-state index >= 15 is 0 Å². The largest absolute Gasteiger partial charge is 0.329 e. The topological polar surface area (TPSA) is 29.3 Å². The van der Waals surface area contributed by atoms with E-state index in [1.54, 1.807) is 0 Å². The molecule has 0 saturated heterocycles. The molecule has 1 saturated carbocycles. The number of benzene rings is 1. The Morgan fingerprint density at radius 3 is 2.65 bits per heavy atom. The van der Waals surface area contributed by atoms with Crippen molar-refractivity contribution in [1.29, 1.82) is 0 Å². The van der Waals surface area contributed by atoms with E-state index in [-0.39, 0.29) is 6.04 Å². The molecule has 1 aliphatic rings. The Bertz CT molecular complexity index is 450. The van der Waals surface area contributed by atoms with Gasteiger partial charge in [0.25, 0.3) is 0 Å². The third-order valence-electron chi connectivity index (χ3n) is 4.64. The second-order valence-corrected chi connectivity index (χ2v) is 6.67. The van der Waals surface area contributed by atoms with Crippen LogP contribution in [0.4, 0.5) is 0 Å². The Labute approximate surface area is 132 Å². The lowest BCUT2D eigenvalue weighted by Crippen LogP contribution is -2.43. The van der Waals surface area contributed by atoms with Crippen molar-refractivity contribution in [3.8, 4) is 0 Å². The van der Waals surface area contributed by atoms with Gasteiger partial charge in [-0.15, -0.1) is 0 Å². The predicted octanol–water partition coefficient (Wildman–Crippen LogP) is 4.50. The highest BCUT2D eigenvalue weighted by molar-refractivity contribution is 6.42. The minimum atomic E-state index is 0.131. The molecular formula is C16H24Cl2N2. The van der Waals surface area contributed by atoms with E-state index in [2.05, 4.69) is 18.9 Å². The van der Waals surface area contributed by atoms with Crippen LogP contribution in [0.25, 0.3) is 0 Å². The van der Waals surface area contributed by atoms with Crippen LogP contribution >= 0.6 is 23.2 Å². The lowest BCUT2D eigenvalue weighted by atomic mass is 9.84. The smallest absolute Gasteiger partial charge is 0.0640 e. The zero-order valence-electron chi connectivity index (χ0n) is 12.3. The van der Waals surface area contributed by atoms with Crippen molar-refractivity contribution in [2.24, 2.45) is 11.7 Å². The van der Waals surface area contributed by atoms with Crippen molar-refractivity contribution in [3.05, 3.63) is 33.8 Å². The van der Waals surface area contributed by atoms with E-state index in [1.807, 2.05) is 18.2 Å². The predicted molar refractivity (Wildman–Crippen MR) is 87.4 cm³/mol. The first-order valence-electron chi connectivity index (χ1n) is 7.42. The quantitative estimate of drug-likeness (QED) is 0.886. The van der Waals surface area contributed by atoms with Crippen LogP contribution in [0.15, 0.2) is 18.2 Å². The van der Waals surface area contributed by atoms with Gasteiger partial charge in [-0.25, -0.2) is 0 Å². The van der Waals surface area contributed by atoms with Crippen LogP contribution in [0.3, 0.4) is 0 Å². The van der Waals surface area contributed by atoms with Crippen molar-refractivity contribution in [3.63, 3.8) is 0 Å². The van der Waals surface area contributed by atoms with Gasteiger partial charge in [-0.2, -0.15) is 0 Å². The fourth-order valence-corrected chi connectivity index (χ4v) is 3.86. The molecule has 20 heavy (non-hydrogen) atoms. The third-order valence-corrected chi connectivity index (χ3v) is 5.48. The summed E-state index contributed by atoms with van der Waals surface area (Å²) >= 11 is 12.5. The van der Waals surface area contributed by atoms with E-state index in [0.717, 1.165) is 5.56 Å². The average molecular weight is 315 g/mol. The molecule has 0 bridgehead atoms. The molecule has 2 rings (SSSR count).